The van der Waals surface area contributed by atoms with E-state index in [-0.39, 0.29) is 5.91 Å². The summed E-state index contributed by atoms with van der Waals surface area (Å²) in [5.41, 5.74) is 4.17. The molecule has 1 N–H and O–H groups in total. The Kier molecular flexibility index (Phi) is 2.04. The van der Waals surface area contributed by atoms with Crippen LogP contribution in [0.15, 0.2) is 24.3 Å². The fourth-order valence-corrected chi connectivity index (χ4v) is 2.62. The summed E-state index contributed by atoms with van der Waals surface area (Å²) in [6, 6.07) is 8.14. The van der Waals surface area contributed by atoms with E-state index in [2.05, 4.69) is 15.8 Å². The Bertz CT molecular complexity index is 574. The minimum Gasteiger partial charge on any atom is -0.326 e. The molecule has 3 rings (SSSR count). The van der Waals surface area contributed by atoms with Crippen LogP contribution in [-0.4, -0.2) is 10.3 Å². The number of hydrogen-bond acceptors (Lipinski definition) is 3. The van der Waals surface area contributed by atoms with Crippen molar-refractivity contribution in [3.8, 4) is 10.4 Å². The number of anilines is 1. The van der Waals surface area contributed by atoms with E-state index >= 15 is 0 Å². The average Bonchev–Trinajstić information content (AvgIpc) is 2.81. The molecule has 1 aromatic carbocycles. The van der Waals surface area contributed by atoms with Crippen molar-refractivity contribution in [2.75, 3.05) is 5.32 Å². The Morgan fingerprint density at radius 2 is 2.25 bits per heavy atom. The van der Waals surface area contributed by atoms with Crippen LogP contribution in [0, 0.1) is 6.92 Å². The molecular weight excluding hydrogens is 220 g/mol. The summed E-state index contributed by atoms with van der Waals surface area (Å²) >= 11 is 1.49. The van der Waals surface area contributed by atoms with Crippen LogP contribution in [0.25, 0.3) is 10.4 Å². The Hall–Kier alpha value is -1.68. The molecule has 4 heteroatoms. The maximum absolute atomic E-state index is 11.2. The molecular formula is C12H10N2OS. The van der Waals surface area contributed by atoms with Crippen molar-refractivity contribution in [3.05, 3.63) is 35.5 Å². The normalized spacial score (nSPS) is 13.7. The Labute approximate surface area is 97.3 Å². The molecule has 0 spiro atoms. The molecule has 0 saturated carbocycles. The monoisotopic (exact) mass is 230 g/mol. The standard InChI is InChI=1S/C12H10N2OS/c1-7-4-11(16-14-7)9-3-2-8-6-12(15)13-10(8)5-9/h2-5H,6H2,1H3,(H,13,15). The topological polar surface area (TPSA) is 42.0 Å². The first kappa shape index (κ1) is 9.54. The minimum atomic E-state index is 0.0765. The molecule has 3 nitrogen and oxygen atoms in total. The average molecular weight is 230 g/mol. The second-order valence-electron chi connectivity index (χ2n) is 3.93. The highest BCUT2D eigenvalue weighted by molar-refractivity contribution is 7.09. The van der Waals surface area contributed by atoms with Gasteiger partial charge in [-0.3, -0.25) is 4.79 Å². The lowest BCUT2D eigenvalue weighted by Gasteiger charge is -2.01. The summed E-state index contributed by atoms with van der Waals surface area (Å²) in [5, 5.41) is 2.86. The third-order valence-corrected chi connectivity index (χ3v) is 3.58. The lowest BCUT2D eigenvalue weighted by atomic mass is 10.1. The van der Waals surface area contributed by atoms with Crippen LogP contribution >= 0.6 is 11.5 Å². The third-order valence-electron chi connectivity index (χ3n) is 2.65. The maximum Gasteiger partial charge on any atom is 0.228 e. The van der Waals surface area contributed by atoms with Crippen LogP contribution in [0.2, 0.25) is 0 Å². The Morgan fingerprint density at radius 3 is 3.00 bits per heavy atom. The minimum absolute atomic E-state index is 0.0765. The molecule has 1 aromatic heterocycles. The van der Waals surface area contributed by atoms with Gasteiger partial charge in [-0.2, -0.15) is 4.37 Å². The van der Waals surface area contributed by atoms with E-state index in [9.17, 15) is 4.79 Å². The molecule has 80 valence electrons. The molecule has 16 heavy (non-hydrogen) atoms. The van der Waals surface area contributed by atoms with Gasteiger partial charge < -0.3 is 5.32 Å². The molecule has 0 unspecified atom stereocenters. The number of benzene rings is 1. The number of aromatic nitrogens is 1. The fourth-order valence-electron chi connectivity index (χ4n) is 1.87. The van der Waals surface area contributed by atoms with Gasteiger partial charge in [0.25, 0.3) is 0 Å². The van der Waals surface area contributed by atoms with Crippen LogP contribution in [0.5, 0.6) is 0 Å². The van der Waals surface area contributed by atoms with E-state index in [1.165, 1.54) is 11.5 Å². The molecule has 2 aromatic rings. The smallest absolute Gasteiger partial charge is 0.228 e. The summed E-state index contributed by atoms with van der Waals surface area (Å²) in [4.78, 5) is 12.4. The highest BCUT2D eigenvalue weighted by Crippen LogP contribution is 2.31. The SMILES string of the molecule is Cc1cc(-c2ccc3c(c2)NC(=O)C3)sn1. The summed E-state index contributed by atoms with van der Waals surface area (Å²) in [6.45, 7) is 1.98. The van der Waals surface area contributed by atoms with Crippen molar-refractivity contribution in [1.82, 2.24) is 4.37 Å². The van der Waals surface area contributed by atoms with Crippen molar-refractivity contribution in [2.24, 2.45) is 0 Å². The van der Waals surface area contributed by atoms with Crippen molar-refractivity contribution in [1.29, 1.82) is 0 Å². The Balaban J connectivity index is 2.05. The van der Waals surface area contributed by atoms with Gasteiger partial charge in [-0.05, 0) is 41.7 Å². The molecule has 1 amide bonds. The highest BCUT2D eigenvalue weighted by atomic mass is 32.1. The zero-order valence-electron chi connectivity index (χ0n) is 8.78. The highest BCUT2D eigenvalue weighted by Gasteiger charge is 2.17. The van der Waals surface area contributed by atoms with Gasteiger partial charge in [0.1, 0.15) is 0 Å². The molecule has 2 heterocycles. The molecule has 0 aliphatic carbocycles. The molecule has 0 bridgehead atoms. The quantitative estimate of drug-likeness (QED) is 0.818. The van der Waals surface area contributed by atoms with Gasteiger partial charge in [-0.25, -0.2) is 0 Å². The molecule has 0 atom stereocenters. The van der Waals surface area contributed by atoms with E-state index in [1.54, 1.807) is 0 Å². The van der Waals surface area contributed by atoms with E-state index in [1.807, 2.05) is 25.1 Å². The number of rotatable bonds is 1. The van der Waals surface area contributed by atoms with Crippen LogP contribution in [0.4, 0.5) is 5.69 Å². The number of carbonyl (C=O) groups is 1. The summed E-state index contributed by atoms with van der Waals surface area (Å²) < 4.78 is 4.26. The predicted octanol–water partition coefficient (Wildman–Crippen LogP) is 2.61. The van der Waals surface area contributed by atoms with Gasteiger partial charge in [-0.1, -0.05) is 12.1 Å². The number of fused-ring (bicyclic) bond motifs is 1. The summed E-state index contributed by atoms with van der Waals surface area (Å²) in [5.74, 6) is 0.0765. The van der Waals surface area contributed by atoms with Crippen molar-refractivity contribution in [2.45, 2.75) is 13.3 Å². The van der Waals surface area contributed by atoms with E-state index in [4.69, 9.17) is 0 Å². The lowest BCUT2D eigenvalue weighted by molar-refractivity contribution is -0.115. The van der Waals surface area contributed by atoms with E-state index in [0.717, 1.165) is 27.4 Å². The molecule has 1 aliphatic rings. The van der Waals surface area contributed by atoms with Crippen molar-refractivity contribution >= 4 is 23.1 Å². The van der Waals surface area contributed by atoms with Gasteiger partial charge in [0.15, 0.2) is 0 Å². The number of hydrogen-bond donors (Lipinski definition) is 1. The first-order chi connectivity index (χ1) is 7.72. The molecule has 0 radical (unpaired) electrons. The van der Waals surface area contributed by atoms with Gasteiger partial charge in [0, 0.05) is 5.69 Å². The first-order valence-corrected chi connectivity index (χ1v) is 5.86. The van der Waals surface area contributed by atoms with E-state index < -0.39 is 0 Å². The van der Waals surface area contributed by atoms with Crippen LogP contribution in [0.1, 0.15) is 11.3 Å². The third kappa shape index (κ3) is 1.51. The first-order valence-electron chi connectivity index (χ1n) is 5.09. The zero-order valence-corrected chi connectivity index (χ0v) is 9.60. The number of nitrogens with one attached hydrogen (secondary N) is 1. The van der Waals surface area contributed by atoms with Crippen molar-refractivity contribution in [3.63, 3.8) is 0 Å². The maximum atomic E-state index is 11.2. The fraction of sp³-hybridized carbons (Fsp3) is 0.167. The predicted molar refractivity (Wildman–Crippen MR) is 64.6 cm³/mol. The van der Waals surface area contributed by atoms with Crippen LogP contribution < -0.4 is 5.32 Å². The molecule has 0 fully saturated rings. The number of aryl methyl sites for hydroxylation is 1. The van der Waals surface area contributed by atoms with Gasteiger partial charge >= 0.3 is 0 Å². The largest absolute Gasteiger partial charge is 0.326 e. The summed E-state index contributed by atoms with van der Waals surface area (Å²) in [7, 11) is 0. The second-order valence-corrected chi connectivity index (χ2v) is 4.73. The molecule has 0 saturated heterocycles. The van der Waals surface area contributed by atoms with Crippen molar-refractivity contribution < 1.29 is 4.79 Å². The number of nitrogens with zero attached hydrogens (tertiary/aromatic N) is 1. The number of amides is 1. The van der Waals surface area contributed by atoms with Gasteiger partial charge in [0.2, 0.25) is 5.91 Å². The number of carbonyl (C=O) groups excluding carboxylic acids is 1. The Morgan fingerprint density at radius 1 is 1.38 bits per heavy atom. The van der Waals surface area contributed by atoms with Gasteiger partial charge in [-0.15, -0.1) is 0 Å². The zero-order chi connectivity index (χ0) is 11.1. The van der Waals surface area contributed by atoms with Crippen LogP contribution in [0.3, 0.4) is 0 Å². The van der Waals surface area contributed by atoms with Crippen LogP contribution in [-0.2, 0) is 11.2 Å². The second kappa shape index (κ2) is 3.42. The lowest BCUT2D eigenvalue weighted by Crippen LogP contribution is -2.03. The molecule has 1 aliphatic heterocycles. The van der Waals surface area contributed by atoms with Gasteiger partial charge in [0.05, 0.1) is 17.0 Å². The van der Waals surface area contributed by atoms with E-state index in [0.29, 0.717) is 6.42 Å². The summed E-state index contributed by atoms with van der Waals surface area (Å²) in [6.07, 6.45) is 0.497.